The molecule has 7 heteroatoms. The summed E-state index contributed by atoms with van der Waals surface area (Å²) in [4.78, 5) is 50.0. The van der Waals surface area contributed by atoms with Crippen molar-refractivity contribution in [2.24, 2.45) is 5.41 Å². The van der Waals surface area contributed by atoms with Crippen LogP contribution in [0.5, 0.6) is 11.5 Å². The summed E-state index contributed by atoms with van der Waals surface area (Å²) in [5.41, 5.74) is 0.835. The number of hydrogen-bond acceptors (Lipinski definition) is 7. The lowest BCUT2D eigenvalue weighted by atomic mass is 9.54. The van der Waals surface area contributed by atoms with Crippen molar-refractivity contribution in [2.75, 3.05) is 0 Å². The molecule has 0 aliphatic heterocycles. The molecule has 3 rings (SSSR count). The zero-order valence-electron chi connectivity index (χ0n) is 20.6. The van der Waals surface area contributed by atoms with E-state index in [1.54, 1.807) is 6.07 Å². The Hall–Kier alpha value is -2.96. The number of benzene rings is 1. The highest BCUT2D eigenvalue weighted by molar-refractivity contribution is 6.13. The molecule has 1 aromatic carbocycles. The maximum Gasteiger partial charge on any atom is 0.308 e. The summed E-state index contributed by atoms with van der Waals surface area (Å²) >= 11 is 0. The van der Waals surface area contributed by atoms with Crippen molar-refractivity contribution in [1.29, 1.82) is 0 Å². The van der Waals surface area contributed by atoms with Gasteiger partial charge >= 0.3 is 17.9 Å². The Balaban J connectivity index is 2.50. The molecule has 0 heterocycles. The second-order valence-corrected chi connectivity index (χ2v) is 10.1. The highest BCUT2D eigenvalue weighted by Crippen LogP contribution is 2.60. The van der Waals surface area contributed by atoms with Crippen LogP contribution in [0.25, 0.3) is 0 Å². The standard InChI is InChI=1S/C26H32O7/c1-13(2)17-12-18-19(22(32-15(4)28)21(17)31-14(3)27)26(8)11-9-10-25(6,7)24(26)23(20(18)30)33-16(5)29/h12-13H,9-11H2,1-8H3/t26-/m1/s1. The van der Waals surface area contributed by atoms with E-state index >= 15 is 0 Å². The van der Waals surface area contributed by atoms with Crippen molar-refractivity contribution >= 4 is 23.7 Å². The minimum absolute atomic E-state index is 0.0471. The molecule has 2 aliphatic rings. The minimum Gasteiger partial charge on any atom is -0.422 e. The van der Waals surface area contributed by atoms with Crippen molar-refractivity contribution in [3.05, 3.63) is 34.1 Å². The van der Waals surface area contributed by atoms with Gasteiger partial charge in [-0.3, -0.25) is 19.2 Å². The van der Waals surface area contributed by atoms with E-state index in [-0.39, 0.29) is 23.2 Å². The van der Waals surface area contributed by atoms with Crippen LogP contribution in [0, 0.1) is 5.41 Å². The van der Waals surface area contributed by atoms with Crippen molar-refractivity contribution in [3.63, 3.8) is 0 Å². The molecule has 0 aromatic heterocycles. The van der Waals surface area contributed by atoms with Gasteiger partial charge in [0.25, 0.3) is 0 Å². The fraction of sp³-hybridized carbons (Fsp3) is 0.538. The Labute approximate surface area is 194 Å². The van der Waals surface area contributed by atoms with Gasteiger partial charge < -0.3 is 14.2 Å². The molecular weight excluding hydrogens is 424 g/mol. The fourth-order valence-corrected chi connectivity index (χ4v) is 5.47. The van der Waals surface area contributed by atoms with Gasteiger partial charge in [-0.15, -0.1) is 0 Å². The average Bonchev–Trinajstić information content (AvgIpc) is 2.64. The van der Waals surface area contributed by atoms with Crippen LogP contribution in [-0.4, -0.2) is 23.7 Å². The van der Waals surface area contributed by atoms with Crippen LogP contribution >= 0.6 is 0 Å². The lowest BCUT2D eigenvalue weighted by molar-refractivity contribution is -0.137. The zero-order chi connectivity index (χ0) is 24.9. The molecule has 178 valence electrons. The molecule has 33 heavy (non-hydrogen) atoms. The third kappa shape index (κ3) is 4.21. The van der Waals surface area contributed by atoms with Crippen molar-refractivity contribution in [3.8, 4) is 11.5 Å². The second kappa shape index (κ2) is 8.43. The first kappa shape index (κ1) is 24.7. The third-order valence-corrected chi connectivity index (χ3v) is 6.56. The molecule has 7 nitrogen and oxygen atoms in total. The molecule has 1 atom stereocenters. The highest BCUT2D eigenvalue weighted by atomic mass is 16.6. The monoisotopic (exact) mass is 456 g/mol. The Morgan fingerprint density at radius 3 is 1.94 bits per heavy atom. The maximum absolute atomic E-state index is 13.8. The molecule has 1 fully saturated rings. The van der Waals surface area contributed by atoms with Crippen LogP contribution in [0.1, 0.15) is 102 Å². The van der Waals surface area contributed by atoms with E-state index in [4.69, 9.17) is 14.2 Å². The Kier molecular flexibility index (Phi) is 6.30. The molecule has 0 spiro atoms. The van der Waals surface area contributed by atoms with Gasteiger partial charge in [-0.2, -0.15) is 0 Å². The van der Waals surface area contributed by atoms with Gasteiger partial charge in [0.1, 0.15) is 0 Å². The summed E-state index contributed by atoms with van der Waals surface area (Å²) in [5.74, 6) is -2.01. The minimum atomic E-state index is -0.773. The van der Waals surface area contributed by atoms with Gasteiger partial charge in [0.05, 0.1) is 0 Å². The predicted octanol–water partition coefficient (Wildman–Crippen LogP) is 5.14. The highest BCUT2D eigenvalue weighted by Gasteiger charge is 2.53. The maximum atomic E-state index is 13.8. The fourth-order valence-electron chi connectivity index (χ4n) is 5.47. The van der Waals surface area contributed by atoms with Crippen molar-refractivity contribution in [2.45, 2.75) is 86.0 Å². The first-order valence-electron chi connectivity index (χ1n) is 11.3. The summed E-state index contributed by atoms with van der Waals surface area (Å²) < 4.78 is 16.8. The molecule has 0 N–H and O–H groups in total. The predicted molar refractivity (Wildman–Crippen MR) is 121 cm³/mol. The van der Waals surface area contributed by atoms with E-state index in [1.165, 1.54) is 20.8 Å². The van der Waals surface area contributed by atoms with Gasteiger partial charge in [-0.05, 0) is 35.8 Å². The van der Waals surface area contributed by atoms with Gasteiger partial charge in [0, 0.05) is 42.9 Å². The summed E-state index contributed by atoms with van der Waals surface area (Å²) in [7, 11) is 0. The van der Waals surface area contributed by atoms with Crippen LogP contribution in [0.4, 0.5) is 0 Å². The summed E-state index contributed by atoms with van der Waals surface area (Å²) in [6.07, 6.45) is 2.29. The normalized spacial score (nSPS) is 21.3. The molecule has 0 bridgehead atoms. The molecule has 2 aliphatic carbocycles. The second-order valence-electron chi connectivity index (χ2n) is 10.1. The van der Waals surface area contributed by atoms with Crippen molar-refractivity contribution in [1.82, 2.24) is 0 Å². The van der Waals surface area contributed by atoms with Crippen molar-refractivity contribution < 1.29 is 33.4 Å². The number of esters is 3. The van der Waals surface area contributed by atoms with Crippen LogP contribution in [0.3, 0.4) is 0 Å². The van der Waals surface area contributed by atoms with E-state index < -0.39 is 34.5 Å². The number of Topliss-reactive ketones (excluding diaryl/α,β-unsaturated/α-hetero) is 1. The van der Waals surface area contributed by atoms with E-state index in [0.717, 1.165) is 12.8 Å². The topological polar surface area (TPSA) is 96.0 Å². The van der Waals surface area contributed by atoms with Gasteiger partial charge in [0.2, 0.25) is 5.78 Å². The Morgan fingerprint density at radius 2 is 1.42 bits per heavy atom. The van der Waals surface area contributed by atoms with E-state index in [9.17, 15) is 19.2 Å². The largest absolute Gasteiger partial charge is 0.422 e. The van der Waals surface area contributed by atoms with Crippen LogP contribution in [0.15, 0.2) is 17.4 Å². The van der Waals surface area contributed by atoms with Crippen LogP contribution in [-0.2, 0) is 24.5 Å². The summed E-state index contributed by atoms with van der Waals surface area (Å²) in [6, 6.07) is 1.68. The molecule has 0 saturated heterocycles. The smallest absolute Gasteiger partial charge is 0.308 e. The van der Waals surface area contributed by atoms with E-state index in [1.807, 2.05) is 34.6 Å². The number of carbonyl (C=O) groups excluding carboxylic acids is 4. The zero-order valence-corrected chi connectivity index (χ0v) is 20.6. The first-order valence-corrected chi connectivity index (χ1v) is 11.3. The third-order valence-electron chi connectivity index (χ3n) is 6.56. The lowest BCUT2D eigenvalue weighted by Gasteiger charge is -2.49. The number of rotatable bonds is 4. The first-order chi connectivity index (χ1) is 15.2. The van der Waals surface area contributed by atoms with Gasteiger partial charge in [0.15, 0.2) is 17.3 Å². The molecular formula is C26H32O7. The van der Waals surface area contributed by atoms with Crippen LogP contribution in [0.2, 0.25) is 0 Å². The molecule has 1 saturated carbocycles. The average molecular weight is 457 g/mol. The SMILES string of the molecule is CC(=O)OC1=C2C(C)(C)CCC[C@]2(C)c2c(cc(C(C)C)c(OC(C)=O)c2OC(C)=O)C1=O. The molecule has 1 aromatic rings. The number of carbonyl (C=O) groups is 4. The molecule has 0 amide bonds. The van der Waals surface area contributed by atoms with Gasteiger partial charge in [-0.25, -0.2) is 0 Å². The van der Waals surface area contributed by atoms with E-state index in [0.29, 0.717) is 28.7 Å². The molecule has 0 unspecified atom stereocenters. The van der Waals surface area contributed by atoms with Gasteiger partial charge in [-0.1, -0.05) is 41.0 Å². The number of hydrogen-bond donors (Lipinski definition) is 0. The quantitative estimate of drug-likeness (QED) is 0.457. The number of ketones is 1. The summed E-state index contributed by atoms with van der Waals surface area (Å²) in [6.45, 7) is 13.6. The summed E-state index contributed by atoms with van der Waals surface area (Å²) in [5, 5.41) is 0. The lowest BCUT2D eigenvalue weighted by Crippen LogP contribution is -2.44. The number of fused-ring (bicyclic) bond motifs is 3. The number of ether oxygens (including phenoxy) is 3. The Morgan fingerprint density at radius 1 is 0.879 bits per heavy atom. The van der Waals surface area contributed by atoms with Crippen LogP contribution < -0.4 is 9.47 Å². The molecule has 0 radical (unpaired) electrons. The Bertz CT molecular complexity index is 1090. The van der Waals surface area contributed by atoms with E-state index in [2.05, 4.69) is 0 Å². The number of allylic oxidation sites excluding steroid dienone is 2.